The summed E-state index contributed by atoms with van der Waals surface area (Å²) < 4.78 is 5.16. The molecule has 5 heteroatoms. The van der Waals surface area contributed by atoms with Gasteiger partial charge in [-0.3, -0.25) is 4.79 Å². The number of methoxy groups -OCH3 is 1. The van der Waals surface area contributed by atoms with Gasteiger partial charge in [-0.1, -0.05) is 0 Å². The summed E-state index contributed by atoms with van der Waals surface area (Å²) in [7, 11) is 1.70. The molecule has 1 aliphatic rings. The zero-order chi connectivity index (χ0) is 13.0. The molecule has 1 amide bonds. The summed E-state index contributed by atoms with van der Waals surface area (Å²) in [6, 6.07) is 3.38. The molecule has 1 aliphatic heterocycles. The van der Waals surface area contributed by atoms with Gasteiger partial charge in [0.2, 0.25) is 0 Å². The number of amides is 1. The number of rotatable bonds is 3. The van der Waals surface area contributed by atoms with E-state index in [1.165, 1.54) is 6.20 Å². The van der Waals surface area contributed by atoms with Crippen molar-refractivity contribution in [1.29, 1.82) is 0 Å². The number of piperidine rings is 1. The van der Waals surface area contributed by atoms with Crippen molar-refractivity contribution < 1.29 is 9.53 Å². The van der Waals surface area contributed by atoms with E-state index in [-0.39, 0.29) is 5.91 Å². The van der Waals surface area contributed by atoms with Crippen LogP contribution in [0, 0.1) is 5.92 Å². The number of nitrogens with zero attached hydrogens (tertiary/aromatic N) is 2. The van der Waals surface area contributed by atoms with Crippen LogP contribution >= 0.6 is 0 Å². The molecule has 1 unspecified atom stereocenters. The SMILES string of the molecule is COCC1CCCN(C(=O)c2ccc(N)cn2)C1. The van der Waals surface area contributed by atoms with Crippen molar-refractivity contribution in [3.8, 4) is 0 Å². The van der Waals surface area contributed by atoms with E-state index in [2.05, 4.69) is 4.98 Å². The average Bonchev–Trinajstić information content (AvgIpc) is 2.39. The van der Waals surface area contributed by atoms with E-state index in [0.29, 0.717) is 23.9 Å². The zero-order valence-electron chi connectivity index (χ0n) is 10.6. The van der Waals surface area contributed by atoms with Gasteiger partial charge in [-0.05, 0) is 30.9 Å². The molecule has 0 spiro atoms. The van der Waals surface area contributed by atoms with Gasteiger partial charge >= 0.3 is 0 Å². The van der Waals surface area contributed by atoms with Gasteiger partial charge in [-0.2, -0.15) is 0 Å². The summed E-state index contributed by atoms with van der Waals surface area (Å²) in [5.41, 5.74) is 6.60. The average molecular weight is 249 g/mol. The third-order valence-electron chi connectivity index (χ3n) is 3.21. The van der Waals surface area contributed by atoms with Crippen LogP contribution < -0.4 is 5.73 Å². The Hall–Kier alpha value is -1.62. The van der Waals surface area contributed by atoms with Crippen LogP contribution in [0.5, 0.6) is 0 Å². The van der Waals surface area contributed by atoms with E-state index in [0.717, 1.165) is 25.9 Å². The lowest BCUT2D eigenvalue weighted by molar-refractivity contribution is 0.0566. The standard InChI is InChI=1S/C13H19N3O2/c1-18-9-10-3-2-6-16(8-10)13(17)12-5-4-11(14)7-15-12/h4-5,7,10H,2-3,6,8-9,14H2,1H3. The Morgan fingerprint density at radius 2 is 2.44 bits per heavy atom. The number of anilines is 1. The number of ether oxygens (including phenoxy) is 1. The number of nitrogens with two attached hydrogens (primary N) is 1. The maximum absolute atomic E-state index is 12.2. The van der Waals surface area contributed by atoms with Crippen LogP contribution in [0.3, 0.4) is 0 Å². The zero-order valence-corrected chi connectivity index (χ0v) is 10.6. The van der Waals surface area contributed by atoms with Crippen molar-refractivity contribution in [3.05, 3.63) is 24.0 Å². The molecule has 0 bridgehead atoms. The lowest BCUT2D eigenvalue weighted by atomic mass is 9.98. The first-order valence-electron chi connectivity index (χ1n) is 6.20. The van der Waals surface area contributed by atoms with Crippen molar-refractivity contribution >= 4 is 11.6 Å². The highest BCUT2D eigenvalue weighted by molar-refractivity contribution is 5.92. The van der Waals surface area contributed by atoms with Crippen molar-refractivity contribution in [2.24, 2.45) is 5.92 Å². The third-order valence-corrected chi connectivity index (χ3v) is 3.21. The minimum atomic E-state index is -0.0178. The fourth-order valence-corrected chi connectivity index (χ4v) is 2.32. The van der Waals surface area contributed by atoms with E-state index in [1.807, 2.05) is 4.90 Å². The van der Waals surface area contributed by atoms with Crippen molar-refractivity contribution in [3.63, 3.8) is 0 Å². The molecule has 98 valence electrons. The number of hydrogen-bond donors (Lipinski definition) is 1. The highest BCUT2D eigenvalue weighted by atomic mass is 16.5. The molecule has 0 radical (unpaired) electrons. The van der Waals surface area contributed by atoms with Gasteiger partial charge in [-0.15, -0.1) is 0 Å². The van der Waals surface area contributed by atoms with Crippen LogP contribution in [0.2, 0.25) is 0 Å². The fraction of sp³-hybridized carbons (Fsp3) is 0.538. The predicted molar refractivity (Wildman–Crippen MR) is 69.2 cm³/mol. The number of aromatic nitrogens is 1. The molecule has 1 saturated heterocycles. The van der Waals surface area contributed by atoms with E-state index < -0.39 is 0 Å². The van der Waals surface area contributed by atoms with Gasteiger partial charge in [0.25, 0.3) is 5.91 Å². The largest absolute Gasteiger partial charge is 0.397 e. The molecule has 1 aromatic rings. The third kappa shape index (κ3) is 2.98. The molecule has 0 aromatic carbocycles. The first kappa shape index (κ1) is 12.8. The molecule has 0 aliphatic carbocycles. The topological polar surface area (TPSA) is 68.5 Å². The molecule has 0 saturated carbocycles. The Bertz CT molecular complexity index is 403. The highest BCUT2D eigenvalue weighted by Crippen LogP contribution is 2.18. The Morgan fingerprint density at radius 3 is 3.11 bits per heavy atom. The smallest absolute Gasteiger partial charge is 0.272 e. The monoisotopic (exact) mass is 249 g/mol. The number of carbonyl (C=O) groups is 1. The predicted octanol–water partition coefficient (Wildman–Crippen LogP) is 1.16. The van der Waals surface area contributed by atoms with Crippen molar-refractivity contribution in [2.75, 3.05) is 32.5 Å². The maximum atomic E-state index is 12.2. The molecule has 2 heterocycles. The van der Waals surface area contributed by atoms with Crippen LogP contribution in [0.4, 0.5) is 5.69 Å². The number of nitrogen functional groups attached to an aromatic ring is 1. The van der Waals surface area contributed by atoms with E-state index in [1.54, 1.807) is 19.2 Å². The summed E-state index contributed by atoms with van der Waals surface area (Å²) in [5, 5.41) is 0. The molecule has 1 fully saturated rings. The molecular formula is C13H19N3O2. The van der Waals surface area contributed by atoms with Gasteiger partial charge in [0.15, 0.2) is 0 Å². The lowest BCUT2D eigenvalue weighted by Gasteiger charge is -2.32. The van der Waals surface area contributed by atoms with Gasteiger partial charge in [0, 0.05) is 20.2 Å². The Morgan fingerprint density at radius 1 is 1.61 bits per heavy atom. The number of carbonyl (C=O) groups excluding carboxylic acids is 1. The van der Waals surface area contributed by atoms with E-state index in [9.17, 15) is 4.79 Å². The second-order valence-electron chi connectivity index (χ2n) is 4.69. The van der Waals surface area contributed by atoms with Gasteiger partial charge in [-0.25, -0.2) is 4.98 Å². The quantitative estimate of drug-likeness (QED) is 0.873. The van der Waals surface area contributed by atoms with Gasteiger partial charge in [0.1, 0.15) is 5.69 Å². The second-order valence-corrected chi connectivity index (χ2v) is 4.69. The molecule has 18 heavy (non-hydrogen) atoms. The molecule has 2 N–H and O–H groups in total. The fourth-order valence-electron chi connectivity index (χ4n) is 2.32. The van der Waals surface area contributed by atoms with Crippen LogP contribution in [-0.4, -0.2) is 42.6 Å². The summed E-state index contributed by atoms with van der Waals surface area (Å²) >= 11 is 0. The van der Waals surface area contributed by atoms with Crippen molar-refractivity contribution in [1.82, 2.24) is 9.88 Å². The van der Waals surface area contributed by atoms with Crippen LogP contribution in [-0.2, 0) is 4.74 Å². The summed E-state index contributed by atoms with van der Waals surface area (Å²) in [6.45, 7) is 2.25. The molecule has 2 rings (SSSR count). The second kappa shape index (κ2) is 5.82. The first-order chi connectivity index (χ1) is 8.70. The lowest BCUT2D eigenvalue weighted by Crippen LogP contribution is -2.41. The Kier molecular flexibility index (Phi) is 4.15. The first-order valence-corrected chi connectivity index (χ1v) is 6.20. The van der Waals surface area contributed by atoms with Gasteiger partial charge < -0.3 is 15.4 Å². The van der Waals surface area contributed by atoms with Crippen LogP contribution in [0.25, 0.3) is 0 Å². The van der Waals surface area contributed by atoms with Gasteiger partial charge in [0.05, 0.1) is 18.5 Å². The van der Waals surface area contributed by atoms with Crippen LogP contribution in [0.1, 0.15) is 23.3 Å². The minimum absolute atomic E-state index is 0.0178. The van der Waals surface area contributed by atoms with Crippen molar-refractivity contribution in [2.45, 2.75) is 12.8 Å². The normalized spacial score (nSPS) is 19.8. The van der Waals surface area contributed by atoms with Crippen LogP contribution in [0.15, 0.2) is 18.3 Å². The number of likely N-dealkylation sites (tertiary alicyclic amines) is 1. The summed E-state index contributed by atoms with van der Waals surface area (Å²) in [6.07, 6.45) is 3.66. The summed E-state index contributed by atoms with van der Waals surface area (Å²) in [5.74, 6) is 0.414. The molecule has 1 atom stereocenters. The van der Waals surface area contributed by atoms with E-state index >= 15 is 0 Å². The van der Waals surface area contributed by atoms with E-state index in [4.69, 9.17) is 10.5 Å². The molecular weight excluding hydrogens is 230 g/mol. The molecule has 1 aromatic heterocycles. The molecule has 5 nitrogen and oxygen atoms in total. The highest BCUT2D eigenvalue weighted by Gasteiger charge is 2.24. The Balaban J connectivity index is 2.02. The Labute approximate surface area is 107 Å². The minimum Gasteiger partial charge on any atom is -0.397 e. The number of hydrogen-bond acceptors (Lipinski definition) is 4. The number of pyridine rings is 1. The maximum Gasteiger partial charge on any atom is 0.272 e. The summed E-state index contributed by atoms with van der Waals surface area (Å²) in [4.78, 5) is 18.2.